The Labute approximate surface area is 144 Å². The molecule has 124 valence electrons. The lowest BCUT2D eigenvalue weighted by molar-refractivity contribution is 0.374. The highest BCUT2D eigenvalue weighted by atomic mass is 16.5. The van der Waals surface area contributed by atoms with Crippen LogP contribution in [0.25, 0.3) is 32.6 Å². The maximum atomic E-state index is 5.93. The fourth-order valence-electron chi connectivity index (χ4n) is 3.56. The number of fused-ring (bicyclic) bond motifs is 4. The summed E-state index contributed by atoms with van der Waals surface area (Å²) in [6.45, 7) is 2.23. The number of aryl methyl sites for hydroxylation is 1. The fourth-order valence-corrected chi connectivity index (χ4v) is 3.56. The van der Waals surface area contributed by atoms with Gasteiger partial charge in [0.2, 0.25) is 0 Å². The van der Waals surface area contributed by atoms with E-state index in [0.29, 0.717) is 6.61 Å². The summed E-state index contributed by atoms with van der Waals surface area (Å²) in [5, 5.41) is 8.03. The van der Waals surface area contributed by atoms with Crippen molar-refractivity contribution in [1.82, 2.24) is 14.9 Å². The molecule has 0 bridgehead atoms. The molecular weight excluding hydrogens is 312 g/mol. The zero-order valence-corrected chi connectivity index (χ0v) is 14.0. The third-order valence-electron chi connectivity index (χ3n) is 4.86. The van der Waals surface area contributed by atoms with Gasteiger partial charge in [0.05, 0.1) is 6.54 Å². The van der Waals surface area contributed by atoms with Crippen molar-refractivity contribution in [2.24, 2.45) is 12.0 Å². The van der Waals surface area contributed by atoms with E-state index in [1.165, 1.54) is 27.2 Å². The molecule has 5 heteroatoms. The summed E-state index contributed by atoms with van der Waals surface area (Å²) in [7, 11) is 2.10. The van der Waals surface area contributed by atoms with Gasteiger partial charge < -0.3 is 14.6 Å². The normalized spacial score (nSPS) is 14.2. The quantitative estimate of drug-likeness (QED) is 0.627. The molecule has 5 nitrogen and oxygen atoms in total. The van der Waals surface area contributed by atoms with Gasteiger partial charge in [0.15, 0.2) is 0 Å². The van der Waals surface area contributed by atoms with Gasteiger partial charge in [-0.3, -0.25) is 9.98 Å². The number of nitrogens with one attached hydrogen (secondary N) is 1. The zero-order chi connectivity index (χ0) is 16.8. The summed E-state index contributed by atoms with van der Waals surface area (Å²) in [6, 6.07) is 12.8. The lowest BCUT2D eigenvalue weighted by Gasteiger charge is -2.07. The van der Waals surface area contributed by atoms with Crippen LogP contribution in [0.15, 0.2) is 53.8 Å². The van der Waals surface area contributed by atoms with E-state index in [2.05, 4.69) is 57.2 Å². The minimum Gasteiger partial charge on any atom is -0.486 e. The average molecular weight is 330 g/mol. The molecule has 0 saturated heterocycles. The van der Waals surface area contributed by atoms with E-state index in [4.69, 9.17) is 4.74 Å². The predicted octanol–water partition coefficient (Wildman–Crippen LogP) is 3.26. The average Bonchev–Trinajstić information content (AvgIpc) is 3.26. The second-order valence-electron chi connectivity index (χ2n) is 6.37. The number of hydrogen-bond donors (Lipinski definition) is 1. The summed E-state index contributed by atoms with van der Waals surface area (Å²) >= 11 is 0. The second kappa shape index (κ2) is 5.48. The van der Waals surface area contributed by atoms with Gasteiger partial charge in [0.25, 0.3) is 0 Å². The van der Waals surface area contributed by atoms with Crippen LogP contribution in [0.1, 0.15) is 0 Å². The standard InChI is InChI=1S/C20H18N4O/c1-24-18-3-2-15(25-12-20-22-6-7-23-20)10-17(18)16-8-13-4-5-21-11-14(13)9-19(16)24/h2-5,8-11H,6-7,12H2,1H3,(H,22,23). The van der Waals surface area contributed by atoms with Crippen LogP contribution in [-0.2, 0) is 7.05 Å². The SMILES string of the molecule is Cn1c2ccc(OCC3=NCCN3)cc2c2cc3ccncc3cc21. The van der Waals surface area contributed by atoms with E-state index >= 15 is 0 Å². The third-order valence-corrected chi connectivity index (χ3v) is 4.86. The summed E-state index contributed by atoms with van der Waals surface area (Å²) in [5.41, 5.74) is 2.40. The van der Waals surface area contributed by atoms with Crippen molar-refractivity contribution < 1.29 is 4.74 Å². The Morgan fingerprint density at radius 2 is 2.00 bits per heavy atom. The van der Waals surface area contributed by atoms with E-state index in [0.717, 1.165) is 30.1 Å². The van der Waals surface area contributed by atoms with E-state index in [1.54, 1.807) is 0 Å². The molecule has 0 unspecified atom stereocenters. The summed E-state index contributed by atoms with van der Waals surface area (Å²) in [6.07, 6.45) is 3.75. The summed E-state index contributed by atoms with van der Waals surface area (Å²) in [4.78, 5) is 8.60. The molecule has 0 fully saturated rings. The van der Waals surface area contributed by atoms with Gasteiger partial charge in [-0.25, -0.2) is 0 Å². The van der Waals surface area contributed by atoms with Gasteiger partial charge in [-0.15, -0.1) is 0 Å². The fraction of sp³-hybridized carbons (Fsp3) is 0.200. The van der Waals surface area contributed by atoms with Crippen LogP contribution < -0.4 is 10.1 Å². The molecule has 1 aliphatic heterocycles. The topological polar surface area (TPSA) is 51.4 Å². The predicted molar refractivity (Wildman–Crippen MR) is 102 cm³/mol. The van der Waals surface area contributed by atoms with Crippen LogP contribution in [-0.4, -0.2) is 35.1 Å². The summed E-state index contributed by atoms with van der Waals surface area (Å²) in [5.74, 6) is 1.79. The van der Waals surface area contributed by atoms with Crippen LogP contribution in [0, 0.1) is 0 Å². The van der Waals surface area contributed by atoms with Crippen LogP contribution in [0.4, 0.5) is 0 Å². The number of ether oxygens (including phenoxy) is 1. The molecule has 4 aromatic rings. The van der Waals surface area contributed by atoms with Gasteiger partial charge in [-0.05, 0) is 41.8 Å². The molecule has 0 amide bonds. The molecule has 0 atom stereocenters. The number of amidine groups is 1. The number of aliphatic imine (C=N–C) groups is 1. The lowest BCUT2D eigenvalue weighted by atomic mass is 10.1. The molecule has 0 saturated carbocycles. The highest BCUT2D eigenvalue weighted by Crippen LogP contribution is 2.33. The molecule has 5 rings (SSSR count). The largest absolute Gasteiger partial charge is 0.486 e. The van der Waals surface area contributed by atoms with Crippen LogP contribution in [0.3, 0.4) is 0 Å². The molecule has 1 aliphatic rings. The molecule has 0 radical (unpaired) electrons. The molecule has 3 heterocycles. The van der Waals surface area contributed by atoms with Crippen molar-refractivity contribution in [3.63, 3.8) is 0 Å². The molecule has 0 aliphatic carbocycles. The number of nitrogens with zero attached hydrogens (tertiary/aromatic N) is 3. The molecular formula is C20H18N4O. The first-order valence-electron chi connectivity index (χ1n) is 8.45. The van der Waals surface area contributed by atoms with Crippen molar-refractivity contribution >= 4 is 38.4 Å². The van der Waals surface area contributed by atoms with Gasteiger partial charge in [-0.2, -0.15) is 0 Å². The number of hydrogen-bond acceptors (Lipinski definition) is 4. The van der Waals surface area contributed by atoms with Crippen molar-refractivity contribution in [3.05, 3.63) is 48.8 Å². The third kappa shape index (κ3) is 2.31. The molecule has 25 heavy (non-hydrogen) atoms. The van der Waals surface area contributed by atoms with E-state index in [1.807, 2.05) is 18.5 Å². The van der Waals surface area contributed by atoms with Crippen molar-refractivity contribution in [2.75, 3.05) is 19.7 Å². The van der Waals surface area contributed by atoms with E-state index in [9.17, 15) is 0 Å². The maximum absolute atomic E-state index is 5.93. The minimum absolute atomic E-state index is 0.491. The van der Waals surface area contributed by atoms with Crippen LogP contribution in [0.2, 0.25) is 0 Å². The monoisotopic (exact) mass is 330 g/mol. The number of pyridine rings is 1. The number of benzene rings is 2. The highest BCUT2D eigenvalue weighted by molar-refractivity contribution is 6.12. The first kappa shape index (κ1) is 14.3. The Morgan fingerprint density at radius 3 is 2.88 bits per heavy atom. The van der Waals surface area contributed by atoms with Crippen molar-refractivity contribution in [2.45, 2.75) is 0 Å². The Kier molecular flexibility index (Phi) is 3.13. The van der Waals surface area contributed by atoms with Gasteiger partial charge in [0, 0.05) is 53.2 Å². The Hall–Kier alpha value is -3.08. The van der Waals surface area contributed by atoms with Crippen LogP contribution in [0.5, 0.6) is 5.75 Å². The number of aromatic nitrogens is 2. The lowest BCUT2D eigenvalue weighted by Crippen LogP contribution is -2.24. The molecule has 2 aromatic carbocycles. The van der Waals surface area contributed by atoms with Gasteiger partial charge in [-0.1, -0.05) is 0 Å². The van der Waals surface area contributed by atoms with Crippen molar-refractivity contribution in [3.8, 4) is 5.75 Å². The van der Waals surface area contributed by atoms with Crippen molar-refractivity contribution in [1.29, 1.82) is 0 Å². The smallest absolute Gasteiger partial charge is 0.145 e. The minimum atomic E-state index is 0.491. The van der Waals surface area contributed by atoms with E-state index in [-0.39, 0.29) is 0 Å². The number of rotatable bonds is 3. The Bertz CT molecular complexity index is 1140. The highest BCUT2D eigenvalue weighted by Gasteiger charge is 2.11. The molecule has 1 N–H and O–H groups in total. The van der Waals surface area contributed by atoms with Gasteiger partial charge in [0.1, 0.15) is 18.2 Å². The van der Waals surface area contributed by atoms with Crippen LogP contribution >= 0.6 is 0 Å². The first-order valence-corrected chi connectivity index (χ1v) is 8.45. The maximum Gasteiger partial charge on any atom is 0.145 e. The van der Waals surface area contributed by atoms with Gasteiger partial charge >= 0.3 is 0 Å². The molecule has 0 spiro atoms. The Balaban J connectivity index is 1.63. The van der Waals surface area contributed by atoms with E-state index < -0.39 is 0 Å². The zero-order valence-electron chi connectivity index (χ0n) is 14.0. The summed E-state index contributed by atoms with van der Waals surface area (Å²) < 4.78 is 8.16. The second-order valence-corrected chi connectivity index (χ2v) is 6.37. The molecule has 2 aromatic heterocycles. The Morgan fingerprint density at radius 1 is 1.08 bits per heavy atom. The first-order chi connectivity index (χ1) is 12.3.